The van der Waals surface area contributed by atoms with Gasteiger partial charge in [-0.1, -0.05) is 0 Å². The summed E-state index contributed by atoms with van der Waals surface area (Å²) < 4.78 is 1.50. The van der Waals surface area contributed by atoms with Crippen molar-refractivity contribution in [3.8, 4) is 22.3 Å². The van der Waals surface area contributed by atoms with Crippen molar-refractivity contribution in [3.63, 3.8) is 0 Å². The fourth-order valence-electron chi connectivity index (χ4n) is 8.03. The van der Waals surface area contributed by atoms with Gasteiger partial charge in [0.1, 0.15) is 0 Å². The van der Waals surface area contributed by atoms with Crippen molar-refractivity contribution in [1.29, 1.82) is 0 Å². The van der Waals surface area contributed by atoms with Crippen molar-refractivity contribution in [2.45, 2.75) is 39.5 Å². The smallest absolute Gasteiger partial charge is 1.00 e. The Bertz CT molecular complexity index is 2280. The minimum Gasteiger partial charge on any atom is -1.00 e. The number of allylic oxidation sites excluding steroid dienone is 1. The maximum Gasteiger partial charge on any atom is -1.00 e. The van der Waals surface area contributed by atoms with Crippen LogP contribution in [0.5, 0.6) is 0 Å². The van der Waals surface area contributed by atoms with Gasteiger partial charge >= 0.3 is 295 Å². The predicted molar refractivity (Wildman–Crippen MR) is 194 cm³/mol. The van der Waals surface area contributed by atoms with Crippen LogP contribution >= 0.6 is 0 Å². The third-order valence-electron chi connectivity index (χ3n) is 10.2. The van der Waals surface area contributed by atoms with E-state index >= 15 is 0 Å². The zero-order chi connectivity index (χ0) is 32.1. The van der Waals surface area contributed by atoms with E-state index in [-0.39, 0.29) is 30.7 Å². The van der Waals surface area contributed by atoms with Crippen LogP contribution in [0.3, 0.4) is 0 Å². The van der Waals surface area contributed by atoms with Gasteiger partial charge in [-0.3, -0.25) is 0 Å². The molecule has 8 rings (SSSR count). The summed E-state index contributed by atoms with van der Waals surface area (Å²) in [4.78, 5) is 0. The molecule has 0 heterocycles. The van der Waals surface area contributed by atoms with Gasteiger partial charge in [0.05, 0.1) is 0 Å². The van der Waals surface area contributed by atoms with E-state index in [9.17, 15) is 0 Å². The van der Waals surface area contributed by atoms with Crippen molar-refractivity contribution in [2.24, 2.45) is 0 Å². The molecule has 0 aromatic heterocycles. The van der Waals surface area contributed by atoms with Crippen molar-refractivity contribution in [3.05, 3.63) is 194 Å². The standard InChI is InChI=1S/C46H37.2ClH.Zr/c1-4-31-24-25-38-35(27-31)28-42-41(38)29-43(45(33-18-11-7-12-19-33)34-20-13-8-14-21-34)36(5-2)46(42)44-30(3)26-40-37(22-15-23-39(40)44)32-16-9-6-10-17-32;;;/h6-27,29,44H,4-5H2,1-3H3;2*1H;/q;;;+2/p-2. The zero-order valence-electron chi connectivity index (χ0n) is 28.0. The van der Waals surface area contributed by atoms with Gasteiger partial charge in [0.15, 0.2) is 0 Å². The summed E-state index contributed by atoms with van der Waals surface area (Å²) in [6.45, 7) is 6.98. The number of hydrogen-bond acceptors (Lipinski definition) is 0. The minimum absolute atomic E-state index is 0. The molecule has 0 radical (unpaired) electrons. The summed E-state index contributed by atoms with van der Waals surface area (Å²) >= 11 is 1.47. The minimum atomic E-state index is 0. The molecule has 0 saturated heterocycles. The Morgan fingerprint density at radius 1 is 0.612 bits per heavy atom. The topological polar surface area (TPSA) is 0 Å². The van der Waals surface area contributed by atoms with Crippen molar-refractivity contribution in [1.82, 2.24) is 0 Å². The maximum atomic E-state index is 2.55. The second kappa shape index (κ2) is 14.6. The SMILES string of the molecule is CCc1ccc2c(c1)[C]([Zr+2])=c1c-2cc(=C(c2ccccc2)c2ccccc2)c(CC)c1C1C(C)=Cc2c(-c3ccccc3)cccc21.[Cl-].[Cl-]. The number of hydrogen-bond donors (Lipinski definition) is 0. The third-order valence-corrected chi connectivity index (χ3v) is 11.5. The third kappa shape index (κ3) is 5.95. The largest absolute Gasteiger partial charge is 1.00 e. The van der Waals surface area contributed by atoms with E-state index < -0.39 is 0 Å². The molecule has 2 aliphatic carbocycles. The summed E-state index contributed by atoms with van der Waals surface area (Å²) in [5.41, 5.74) is 19.2. The van der Waals surface area contributed by atoms with Crippen LogP contribution in [0.25, 0.3) is 37.2 Å². The molecule has 2 aliphatic rings. The molecule has 1 unspecified atom stereocenters. The zero-order valence-corrected chi connectivity index (χ0v) is 32.0. The van der Waals surface area contributed by atoms with E-state index in [0.29, 0.717) is 0 Å². The molecule has 0 bridgehead atoms. The number of halogens is 2. The monoisotopic (exact) mass is 749 g/mol. The van der Waals surface area contributed by atoms with Crippen molar-refractivity contribution in [2.75, 3.05) is 0 Å². The first-order valence-electron chi connectivity index (χ1n) is 16.9. The first-order chi connectivity index (χ1) is 23.1. The molecule has 6 aromatic carbocycles. The Labute approximate surface area is 318 Å². The van der Waals surface area contributed by atoms with E-state index in [1.54, 1.807) is 0 Å². The summed E-state index contributed by atoms with van der Waals surface area (Å²) in [5, 5.41) is 2.83. The maximum absolute atomic E-state index is 2.55. The van der Waals surface area contributed by atoms with E-state index in [1.807, 2.05) is 0 Å². The Morgan fingerprint density at radius 3 is 1.86 bits per heavy atom. The first kappa shape index (κ1) is 35.1. The number of rotatable bonds is 6. The van der Waals surface area contributed by atoms with Crippen LogP contribution < -0.4 is 35.3 Å². The second-order valence-corrected chi connectivity index (χ2v) is 14.0. The summed E-state index contributed by atoms with van der Waals surface area (Å²) in [7, 11) is 0. The fraction of sp³-hybridized carbons (Fsp3) is 0.130. The van der Waals surface area contributed by atoms with Gasteiger partial charge in [0.25, 0.3) is 0 Å². The van der Waals surface area contributed by atoms with Gasteiger partial charge in [0.2, 0.25) is 0 Å². The van der Waals surface area contributed by atoms with E-state index in [2.05, 4.69) is 160 Å². The molecular formula is C46H37Cl2Zr. The van der Waals surface area contributed by atoms with Crippen LogP contribution in [0.4, 0.5) is 0 Å². The van der Waals surface area contributed by atoms with Gasteiger partial charge in [-0.05, 0) is 0 Å². The average molecular weight is 752 g/mol. The number of fused-ring (bicyclic) bond motifs is 4. The van der Waals surface area contributed by atoms with E-state index in [0.717, 1.165) is 12.8 Å². The van der Waals surface area contributed by atoms with Gasteiger partial charge in [-0.25, -0.2) is 0 Å². The van der Waals surface area contributed by atoms with Crippen LogP contribution in [0.15, 0.2) is 139 Å². The van der Waals surface area contributed by atoms with Crippen LogP contribution in [0, 0.1) is 0 Å². The molecule has 0 nitrogen and oxygen atoms in total. The van der Waals surface area contributed by atoms with Crippen molar-refractivity contribution < 1.29 is 49.5 Å². The molecule has 3 heteroatoms. The van der Waals surface area contributed by atoms with E-state index in [4.69, 9.17) is 0 Å². The Hall–Kier alpha value is -3.74. The first-order valence-corrected chi connectivity index (χ1v) is 18.1. The van der Waals surface area contributed by atoms with Crippen LogP contribution in [-0.2, 0) is 37.6 Å². The Kier molecular flexibility index (Phi) is 10.5. The van der Waals surface area contributed by atoms with E-state index in [1.165, 1.54) is 116 Å². The summed E-state index contributed by atoms with van der Waals surface area (Å²) in [6, 6.07) is 49.6. The van der Waals surface area contributed by atoms with Gasteiger partial charge in [0, 0.05) is 0 Å². The molecule has 0 spiro atoms. The second-order valence-electron chi connectivity index (χ2n) is 12.8. The quantitative estimate of drug-likeness (QED) is 0.242. The molecule has 239 valence electrons. The molecule has 1 atom stereocenters. The molecule has 0 aliphatic heterocycles. The Balaban J connectivity index is 0.00000208. The summed E-state index contributed by atoms with van der Waals surface area (Å²) in [6.07, 6.45) is 4.48. The van der Waals surface area contributed by atoms with Crippen LogP contribution in [0.1, 0.15) is 71.2 Å². The van der Waals surface area contributed by atoms with Crippen LogP contribution in [0.2, 0.25) is 0 Å². The molecule has 0 N–H and O–H groups in total. The van der Waals surface area contributed by atoms with Gasteiger partial charge in [-0.2, -0.15) is 0 Å². The normalized spacial score (nSPS) is 13.9. The van der Waals surface area contributed by atoms with Crippen molar-refractivity contribution >= 4 is 14.9 Å². The number of aryl methyl sites for hydroxylation is 1. The molecule has 0 saturated carbocycles. The Morgan fingerprint density at radius 2 is 1.24 bits per heavy atom. The summed E-state index contributed by atoms with van der Waals surface area (Å²) in [5.74, 6) is 0.195. The molecule has 0 fully saturated rings. The molecule has 6 aromatic rings. The van der Waals surface area contributed by atoms with Crippen LogP contribution in [-0.4, -0.2) is 0 Å². The fourth-order valence-corrected chi connectivity index (χ4v) is 9.20. The average Bonchev–Trinajstić information content (AvgIpc) is 3.61. The van der Waals surface area contributed by atoms with Gasteiger partial charge < -0.3 is 24.8 Å². The molecule has 0 amide bonds. The molecular weight excluding hydrogens is 715 g/mol. The number of benzene rings is 6. The molecule has 49 heavy (non-hydrogen) atoms. The van der Waals surface area contributed by atoms with Gasteiger partial charge in [-0.15, -0.1) is 0 Å². The predicted octanol–water partition coefficient (Wildman–Crippen LogP) is 3.97.